The smallest absolute Gasteiger partial charge is 0.306 e. The number of hydrogen-bond donors (Lipinski definition) is 1. The lowest BCUT2D eigenvalue weighted by Crippen LogP contribution is -2.15. The molecule has 0 saturated carbocycles. The van der Waals surface area contributed by atoms with Gasteiger partial charge < -0.3 is 10.1 Å². The molecule has 0 radical (unpaired) electrons. The van der Waals surface area contributed by atoms with E-state index in [2.05, 4.69) is 10.3 Å². The van der Waals surface area contributed by atoms with Crippen LogP contribution in [-0.2, 0) is 11.2 Å². The number of anilines is 1. The van der Waals surface area contributed by atoms with Gasteiger partial charge in [-0.15, -0.1) is 11.3 Å². The van der Waals surface area contributed by atoms with Crippen molar-refractivity contribution in [2.45, 2.75) is 6.42 Å². The van der Waals surface area contributed by atoms with Gasteiger partial charge in [-0.05, 0) is 24.3 Å². The SMILES string of the molecule is COc1cccc(-c2cn3c(CC(=O)Nc4ccc(F)c([N+](=O)[O-])c4)csc3n2)c1. The number of nitro benzene ring substituents is 1. The molecule has 8 nitrogen and oxygen atoms in total. The zero-order valence-electron chi connectivity index (χ0n) is 15.7. The molecule has 1 amide bonds. The largest absolute Gasteiger partial charge is 0.497 e. The van der Waals surface area contributed by atoms with Crippen molar-refractivity contribution in [2.24, 2.45) is 0 Å². The number of imidazole rings is 1. The quantitative estimate of drug-likeness (QED) is 0.366. The molecule has 10 heteroatoms. The number of aromatic nitrogens is 2. The van der Waals surface area contributed by atoms with E-state index in [-0.39, 0.29) is 18.0 Å². The number of halogens is 1. The second kappa shape index (κ2) is 7.91. The number of hydrogen-bond acceptors (Lipinski definition) is 6. The first-order chi connectivity index (χ1) is 14.4. The highest BCUT2D eigenvalue weighted by Gasteiger charge is 2.17. The minimum Gasteiger partial charge on any atom is -0.497 e. The highest BCUT2D eigenvalue weighted by molar-refractivity contribution is 7.15. The zero-order valence-corrected chi connectivity index (χ0v) is 16.5. The number of methoxy groups -OCH3 is 1. The molecule has 0 saturated heterocycles. The molecule has 2 aromatic heterocycles. The van der Waals surface area contributed by atoms with Crippen LogP contribution in [-0.4, -0.2) is 27.3 Å². The summed E-state index contributed by atoms with van der Waals surface area (Å²) in [5.41, 5.74) is 1.81. The molecule has 0 unspecified atom stereocenters. The molecule has 1 N–H and O–H groups in total. The lowest BCUT2D eigenvalue weighted by Gasteiger charge is -2.05. The van der Waals surface area contributed by atoms with Gasteiger partial charge in [-0.2, -0.15) is 4.39 Å². The molecular formula is C20H15FN4O4S. The number of nitro groups is 1. The minimum atomic E-state index is -0.957. The third-order valence-electron chi connectivity index (χ3n) is 4.42. The first kappa shape index (κ1) is 19.5. The fraction of sp³-hybridized carbons (Fsp3) is 0.100. The molecule has 0 bridgehead atoms. The molecule has 30 heavy (non-hydrogen) atoms. The van der Waals surface area contributed by atoms with Gasteiger partial charge in [0, 0.05) is 34.6 Å². The Hall–Kier alpha value is -3.79. The van der Waals surface area contributed by atoms with E-state index in [1.54, 1.807) is 7.11 Å². The van der Waals surface area contributed by atoms with E-state index in [1.165, 1.54) is 17.4 Å². The van der Waals surface area contributed by atoms with Crippen LogP contribution in [0.1, 0.15) is 5.69 Å². The number of thiazole rings is 1. The number of nitrogens with one attached hydrogen (secondary N) is 1. The summed E-state index contributed by atoms with van der Waals surface area (Å²) in [6.07, 6.45) is 1.87. The molecular weight excluding hydrogens is 411 g/mol. The Morgan fingerprint density at radius 2 is 2.17 bits per heavy atom. The maximum Gasteiger partial charge on any atom is 0.306 e. The summed E-state index contributed by atoms with van der Waals surface area (Å²) in [4.78, 5) is 27.8. The van der Waals surface area contributed by atoms with Crippen LogP contribution >= 0.6 is 11.3 Å². The first-order valence-corrected chi connectivity index (χ1v) is 9.66. The summed E-state index contributed by atoms with van der Waals surface area (Å²) < 4.78 is 20.5. The van der Waals surface area contributed by atoms with Gasteiger partial charge in [-0.3, -0.25) is 19.3 Å². The van der Waals surface area contributed by atoms with Crippen molar-refractivity contribution >= 4 is 33.6 Å². The number of rotatable bonds is 6. The zero-order chi connectivity index (χ0) is 21.3. The number of ether oxygens (including phenoxy) is 1. The third-order valence-corrected chi connectivity index (χ3v) is 5.31. The number of carbonyl (C=O) groups excluding carboxylic acids is 1. The molecule has 152 valence electrons. The second-order valence-electron chi connectivity index (χ2n) is 6.39. The van der Waals surface area contributed by atoms with Crippen LogP contribution in [0.15, 0.2) is 54.0 Å². The van der Waals surface area contributed by atoms with Crippen molar-refractivity contribution in [1.82, 2.24) is 9.38 Å². The maximum absolute atomic E-state index is 13.5. The number of nitrogens with zero attached hydrogens (tertiary/aromatic N) is 3. The first-order valence-electron chi connectivity index (χ1n) is 8.78. The van der Waals surface area contributed by atoms with Crippen molar-refractivity contribution in [3.05, 3.63) is 75.7 Å². The lowest BCUT2D eigenvalue weighted by molar-refractivity contribution is -0.387. The summed E-state index contributed by atoms with van der Waals surface area (Å²) in [5, 5.41) is 15.2. The van der Waals surface area contributed by atoms with Gasteiger partial charge in [0.15, 0.2) is 4.96 Å². The molecule has 0 aliphatic carbocycles. The average molecular weight is 426 g/mol. The number of carbonyl (C=O) groups is 1. The second-order valence-corrected chi connectivity index (χ2v) is 7.22. The van der Waals surface area contributed by atoms with Gasteiger partial charge in [-0.25, -0.2) is 4.98 Å². The van der Waals surface area contributed by atoms with Crippen molar-refractivity contribution in [3.8, 4) is 17.0 Å². The van der Waals surface area contributed by atoms with Crippen molar-refractivity contribution in [2.75, 3.05) is 12.4 Å². The van der Waals surface area contributed by atoms with E-state index >= 15 is 0 Å². The van der Waals surface area contributed by atoms with Crippen LogP contribution in [0.2, 0.25) is 0 Å². The van der Waals surface area contributed by atoms with Gasteiger partial charge in [-0.1, -0.05) is 12.1 Å². The molecule has 0 spiro atoms. The predicted molar refractivity (Wildman–Crippen MR) is 110 cm³/mol. The standard InChI is InChI=1S/C20H15FN4O4S/c1-29-15-4-2-3-12(7-15)17-10-24-14(11-30-20(24)23-17)9-19(26)22-13-5-6-16(21)18(8-13)25(27)28/h2-8,10-11H,9H2,1H3,(H,22,26). The van der Waals surface area contributed by atoms with Crippen molar-refractivity contribution in [1.29, 1.82) is 0 Å². The fourth-order valence-corrected chi connectivity index (χ4v) is 3.85. The highest BCUT2D eigenvalue weighted by Crippen LogP contribution is 2.27. The fourth-order valence-electron chi connectivity index (χ4n) is 2.98. The Morgan fingerprint density at radius 1 is 1.33 bits per heavy atom. The third kappa shape index (κ3) is 3.85. The number of benzene rings is 2. The summed E-state index contributed by atoms with van der Waals surface area (Å²) in [5.74, 6) is -0.620. The predicted octanol–water partition coefficient (Wildman–Crippen LogP) is 4.30. The monoisotopic (exact) mass is 426 g/mol. The molecule has 4 rings (SSSR count). The molecule has 0 aliphatic heterocycles. The van der Waals surface area contributed by atoms with Crippen LogP contribution in [0.25, 0.3) is 16.2 Å². The van der Waals surface area contributed by atoms with Gasteiger partial charge in [0.1, 0.15) is 5.75 Å². The van der Waals surface area contributed by atoms with Crippen LogP contribution in [0.3, 0.4) is 0 Å². The van der Waals surface area contributed by atoms with E-state index in [9.17, 15) is 19.3 Å². The van der Waals surface area contributed by atoms with E-state index < -0.39 is 16.4 Å². The number of amides is 1. The molecule has 0 aliphatic rings. The summed E-state index contributed by atoms with van der Waals surface area (Å²) in [6.45, 7) is 0. The normalized spacial score (nSPS) is 10.9. The lowest BCUT2D eigenvalue weighted by atomic mass is 10.1. The topological polar surface area (TPSA) is 98.8 Å². The van der Waals surface area contributed by atoms with E-state index in [0.29, 0.717) is 5.69 Å². The van der Waals surface area contributed by atoms with Gasteiger partial charge in [0.25, 0.3) is 0 Å². The van der Waals surface area contributed by atoms with Crippen molar-refractivity contribution in [3.63, 3.8) is 0 Å². The van der Waals surface area contributed by atoms with Crippen molar-refractivity contribution < 1.29 is 18.8 Å². The van der Waals surface area contributed by atoms with E-state index in [1.807, 2.05) is 40.2 Å². The summed E-state index contributed by atoms with van der Waals surface area (Å²) in [6, 6.07) is 10.7. The Labute approximate surface area is 173 Å². The van der Waals surface area contributed by atoms with Crippen LogP contribution < -0.4 is 10.1 Å². The maximum atomic E-state index is 13.5. The molecule has 2 aromatic carbocycles. The average Bonchev–Trinajstić information content (AvgIpc) is 3.31. The Bertz CT molecular complexity index is 1270. The Balaban J connectivity index is 1.54. The van der Waals surface area contributed by atoms with E-state index in [0.717, 1.165) is 34.1 Å². The molecule has 4 aromatic rings. The van der Waals surface area contributed by atoms with Crippen LogP contribution in [0.5, 0.6) is 5.75 Å². The Morgan fingerprint density at radius 3 is 2.93 bits per heavy atom. The number of fused-ring (bicyclic) bond motifs is 1. The molecule has 0 atom stereocenters. The summed E-state index contributed by atoms with van der Waals surface area (Å²) >= 11 is 1.40. The van der Waals surface area contributed by atoms with Gasteiger partial charge in [0.2, 0.25) is 11.7 Å². The molecule has 2 heterocycles. The van der Waals surface area contributed by atoms with E-state index in [4.69, 9.17) is 4.74 Å². The highest BCUT2D eigenvalue weighted by atomic mass is 32.1. The molecule has 0 fully saturated rings. The summed E-state index contributed by atoms with van der Waals surface area (Å²) in [7, 11) is 1.59. The Kier molecular flexibility index (Phi) is 5.15. The van der Waals surface area contributed by atoms with Crippen LogP contribution in [0, 0.1) is 15.9 Å². The van der Waals surface area contributed by atoms with Gasteiger partial charge in [0.05, 0.1) is 24.1 Å². The van der Waals surface area contributed by atoms with Crippen LogP contribution in [0.4, 0.5) is 15.8 Å². The minimum absolute atomic E-state index is 0.0269. The van der Waals surface area contributed by atoms with Gasteiger partial charge >= 0.3 is 5.69 Å².